The third kappa shape index (κ3) is 5.54. The van der Waals surface area contributed by atoms with Crippen molar-refractivity contribution in [3.63, 3.8) is 0 Å². The van der Waals surface area contributed by atoms with Crippen LogP contribution >= 0.6 is 0 Å². The van der Waals surface area contributed by atoms with Gasteiger partial charge in [0, 0.05) is 20.8 Å². The topological polar surface area (TPSA) is 40.2 Å². The van der Waals surface area contributed by atoms with Gasteiger partial charge in [-0.2, -0.15) is 0 Å². The summed E-state index contributed by atoms with van der Waals surface area (Å²) in [6.07, 6.45) is 3.35. The first-order valence-electron chi connectivity index (χ1n) is 5.11. The van der Waals surface area contributed by atoms with Crippen molar-refractivity contribution in [3.05, 3.63) is 0 Å². The van der Waals surface area contributed by atoms with Gasteiger partial charge in [0.1, 0.15) is 6.10 Å². The van der Waals surface area contributed by atoms with Crippen molar-refractivity contribution in [2.24, 2.45) is 0 Å². The highest BCUT2D eigenvalue weighted by molar-refractivity contribution is 4.66. The molecule has 0 amide bonds. The second kappa shape index (κ2) is 7.17. The van der Waals surface area contributed by atoms with Crippen LogP contribution in [0.3, 0.4) is 0 Å². The van der Waals surface area contributed by atoms with Crippen LogP contribution in [0.4, 0.5) is 0 Å². The molecule has 0 aromatic rings. The van der Waals surface area contributed by atoms with Crippen LogP contribution in [0.1, 0.15) is 19.3 Å². The largest absolute Gasteiger partial charge is 0.379 e. The van der Waals surface area contributed by atoms with E-state index in [1.165, 1.54) is 0 Å². The van der Waals surface area contributed by atoms with Gasteiger partial charge in [-0.05, 0) is 19.3 Å². The van der Waals surface area contributed by atoms with Crippen molar-refractivity contribution in [2.45, 2.75) is 31.7 Å². The van der Waals surface area contributed by atoms with Crippen molar-refractivity contribution >= 4 is 0 Å². The van der Waals surface area contributed by atoms with Crippen LogP contribution in [0.2, 0.25) is 0 Å². The fraction of sp³-hybridized carbons (Fsp3) is 1.00. The minimum Gasteiger partial charge on any atom is -0.379 e. The number of epoxide rings is 1. The Bertz CT molecular complexity index is 132. The Kier molecular flexibility index (Phi) is 6.10. The fourth-order valence-electron chi connectivity index (χ4n) is 1.23. The van der Waals surface area contributed by atoms with E-state index < -0.39 is 0 Å². The summed E-state index contributed by atoms with van der Waals surface area (Å²) in [6.45, 7) is 2.42. The predicted octanol–water partition coefficient (Wildman–Crippen LogP) is 1.19. The van der Waals surface area contributed by atoms with Gasteiger partial charge in [0.2, 0.25) is 0 Å². The maximum Gasteiger partial charge on any atom is 0.156 e. The molecule has 0 radical (unpaired) electrons. The number of ether oxygens (including phenoxy) is 4. The zero-order chi connectivity index (χ0) is 10.2. The van der Waals surface area contributed by atoms with Crippen molar-refractivity contribution in [2.75, 3.05) is 34.0 Å². The van der Waals surface area contributed by atoms with Crippen LogP contribution < -0.4 is 0 Å². The molecule has 1 unspecified atom stereocenters. The minimum atomic E-state index is -0.0678. The van der Waals surface area contributed by atoms with Gasteiger partial charge in [-0.25, -0.2) is 0 Å². The van der Waals surface area contributed by atoms with Crippen LogP contribution in [-0.2, 0) is 18.9 Å². The van der Waals surface area contributed by atoms with Gasteiger partial charge in [-0.15, -0.1) is 0 Å². The third-order valence-corrected chi connectivity index (χ3v) is 2.21. The van der Waals surface area contributed by atoms with Crippen molar-refractivity contribution < 1.29 is 18.9 Å². The number of hydrogen-bond donors (Lipinski definition) is 0. The van der Waals surface area contributed by atoms with E-state index in [1.54, 1.807) is 14.2 Å². The molecule has 0 saturated carbocycles. The summed E-state index contributed by atoms with van der Waals surface area (Å²) in [4.78, 5) is 0. The first-order valence-corrected chi connectivity index (χ1v) is 5.11. The monoisotopic (exact) mass is 204 g/mol. The standard InChI is InChI=1S/C10H20O4/c1-11-10(12-2)5-3-4-6-13-7-9-8-14-9/h9-10H,3-8H2,1-2H3. The predicted molar refractivity (Wildman–Crippen MR) is 52.2 cm³/mol. The summed E-state index contributed by atoms with van der Waals surface area (Å²) >= 11 is 0. The smallest absolute Gasteiger partial charge is 0.156 e. The van der Waals surface area contributed by atoms with E-state index in [1.807, 2.05) is 0 Å². The van der Waals surface area contributed by atoms with Gasteiger partial charge >= 0.3 is 0 Å². The zero-order valence-corrected chi connectivity index (χ0v) is 9.03. The van der Waals surface area contributed by atoms with E-state index in [4.69, 9.17) is 18.9 Å². The Balaban J connectivity index is 1.78. The van der Waals surface area contributed by atoms with E-state index >= 15 is 0 Å². The van der Waals surface area contributed by atoms with Gasteiger partial charge in [-0.1, -0.05) is 0 Å². The van der Waals surface area contributed by atoms with Crippen molar-refractivity contribution in [3.8, 4) is 0 Å². The highest BCUT2D eigenvalue weighted by atomic mass is 16.7. The lowest BCUT2D eigenvalue weighted by molar-refractivity contribution is -0.107. The minimum absolute atomic E-state index is 0.0678. The van der Waals surface area contributed by atoms with Gasteiger partial charge in [0.15, 0.2) is 6.29 Å². The van der Waals surface area contributed by atoms with E-state index in [2.05, 4.69) is 0 Å². The molecular formula is C10H20O4. The maximum absolute atomic E-state index is 5.40. The van der Waals surface area contributed by atoms with Crippen molar-refractivity contribution in [1.29, 1.82) is 0 Å². The lowest BCUT2D eigenvalue weighted by Crippen LogP contribution is -2.13. The van der Waals surface area contributed by atoms with E-state index in [9.17, 15) is 0 Å². The number of methoxy groups -OCH3 is 2. The number of hydrogen-bond acceptors (Lipinski definition) is 4. The van der Waals surface area contributed by atoms with Gasteiger partial charge < -0.3 is 18.9 Å². The first-order chi connectivity index (χ1) is 6.86. The van der Waals surface area contributed by atoms with E-state index in [0.29, 0.717) is 6.10 Å². The molecule has 1 saturated heterocycles. The summed E-state index contributed by atoms with van der Waals surface area (Å²) in [5.74, 6) is 0. The summed E-state index contributed by atoms with van der Waals surface area (Å²) in [7, 11) is 3.32. The molecule has 84 valence electrons. The highest BCUT2D eigenvalue weighted by Crippen LogP contribution is 2.09. The molecule has 0 spiro atoms. The molecule has 1 rings (SSSR count). The van der Waals surface area contributed by atoms with Crippen LogP contribution in [0.5, 0.6) is 0 Å². The zero-order valence-electron chi connectivity index (χ0n) is 9.03. The Morgan fingerprint density at radius 3 is 2.57 bits per heavy atom. The molecule has 14 heavy (non-hydrogen) atoms. The molecule has 0 aliphatic carbocycles. The second-order valence-corrected chi connectivity index (χ2v) is 3.43. The summed E-state index contributed by atoms with van der Waals surface area (Å²) in [5, 5.41) is 0. The van der Waals surface area contributed by atoms with Crippen LogP contribution in [-0.4, -0.2) is 46.4 Å². The Morgan fingerprint density at radius 1 is 1.29 bits per heavy atom. The number of unbranched alkanes of at least 4 members (excludes halogenated alkanes) is 1. The van der Waals surface area contributed by atoms with Gasteiger partial charge in [0.05, 0.1) is 13.2 Å². The molecule has 1 aliphatic rings. The highest BCUT2D eigenvalue weighted by Gasteiger charge is 2.21. The van der Waals surface area contributed by atoms with Crippen LogP contribution in [0.15, 0.2) is 0 Å². The number of rotatable bonds is 9. The van der Waals surface area contributed by atoms with Crippen LogP contribution in [0, 0.1) is 0 Å². The molecule has 1 heterocycles. The van der Waals surface area contributed by atoms with Gasteiger partial charge in [0.25, 0.3) is 0 Å². The molecule has 0 bridgehead atoms. The lowest BCUT2D eigenvalue weighted by Gasteiger charge is -2.12. The van der Waals surface area contributed by atoms with Gasteiger partial charge in [-0.3, -0.25) is 0 Å². The normalized spacial score (nSPS) is 20.4. The Morgan fingerprint density at radius 2 is 2.00 bits per heavy atom. The lowest BCUT2D eigenvalue weighted by atomic mass is 10.2. The average Bonchev–Trinajstić information content (AvgIpc) is 3.01. The quantitative estimate of drug-likeness (QED) is 0.321. The van der Waals surface area contributed by atoms with E-state index in [-0.39, 0.29) is 6.29 Å². The Hall–Kier alpha value is -0.160. The van der Waals surface area contributed by atoms with Crippen molar-refractivity contribution in [1.82, 2.24) is 0 Å². The molecule has 4 heteroatoms. The average molecular weight is 204 g/mol. The molecule has 0 aromatic heterocycles. The second-order valence-electron chi connectivity index (χ2n) is 3.43. The van der Waals surface area contributed by atoms with Crippen LogP contribution in [0.25, 0.3) is 0 Å². The van der Waals surface area contributed by atoms with E-state index in [0.717, 1.165) is 39.1 Å². The molecule has 4 nitrogen and oxygen atoms in total. The molecule has 1 aliphatic heterocycles. The Labute approximate surface area is 85.5 Å². The molecule has 0 aromatic carbocycles. The molecule has 1 atom stereocenters. The molecular weight excluding hydrogens is 184 g/mol. The summed E-state index contributed by atoms with van der Waals surface area (Å²) in [5.41, 5.74) is 0. The SMILES string of the molecule is COC(CCCCOCC1CO1)OC. The third-order valence-electron chi connectivity index (χ3n) is 2.21. The fourth-order valence-corrected chi connectivity index (χ4v) is 1.23. The maximum atomic E-state index is 5.40. The molecule has 1 fully saturated rings. The summed E-state index contributed by atoms with van der Waals surface area (Å²) < 4.78 is 20.6. The molecule has 0 N–H and O–H groups in total. The first kappa shape index (κ1) is 11.9. The summed E-state index contributed by atoms with van der Waals surface area (Å²) in [6, 6.07) is 0.